The van der Waals surface area contributed by atoms with Gasteiger partial charge in [-0.2, -0.15) is 0 Å². The SMILES string of the molecule is CCC(N)C(=O)N1CCC(COC)CC1. The van der Waals surface area contributed by atoms with Crippen LogP contribution in [-0.2, 0) is 9.53 Å². The van der Waals surface area contributed by atoms with E-state index in [1.165, 1.54) is 0 Å². The van der Waals surface area contributed by atoms with E-state index in [4.69, 9.17) is 10.5 Å². The number of hydrogen-bond donors (Lipinski definition) is 1. The fraction of sp³-hybridized carbons (Fsp3) is 0.909. The zero-order valence-corrected chi connectivity index (χ0v) is 9.74. The van der Waals surface area contributed by atoms with Crippen molar-refractivity contribution in [2.75, 3.05) is 26.8 Å². The first-order chi connectivity index (χ1) is 7.19. The van der Waals surface area contributed by atoms with Crippen LogP contribution in [0.5, 0.6) is 0 Å². The Hall–Kier alpha value is -0.610. The summed E-state index contributed by atoms with van der Waals surface area (Å²) in [5.41, 5.74) is 5.72. The number of nitrogens with two attached hydrogens (primary N) is 1. The van der Waals surface area contributed by atoms with E-state index in [2.05, 4.69) is 0 Å². The quantitative estimate of drug-likeness (QED) is 0.746. The molecule has 1 aliphatic rings. The molecule has 4 nitrogen and oxygen atoms in total. The van der Waals surface area contributed by atoms with Crippen LogP contribution in [0.25, 0.3) is 0 Å². The van der Waals surface area contributed by atoms with E-state index in [-0.39, 0.29) is 11.9 Å². The van der Waals surface area contributed by atoms with Gasteiger partial charge in [0.1, 0.15) is 0 Å². The second-order valence-electron chi connectivity index (χ2n) is 4.24. The summed E-state index contributed by atoms with van der Waals surface area (Å²) in [6.45, 7) is 4.42. The van der Waals surface area contributed by atoms with E-state index in [0.717, 1.165) is 39.0 Å². The summed E-state index contributed by atoms with van der Waals surface area (Å²) < 4.78 is 5.12. The maximum atomic E-state index is 11.8. The van der Waals surface area contributed by atoms with Gasteiger partial charge < -0.3 is 15.4 Å². The van der Waals surface area contributed by atoms with Crippen LogP contribution in [0.2, 0.25) is 0 Å². The highest BCUT2D eigenvalue weighted by Gasteiger charge is 2.25. The van der Waals surface area contributed by atoms with Gasteiger partial charge >= 0.3 is 0 Å². The van der Waals surface area contributed by atoms with Gasteiger partial charge in [0.2, 0.25) is 5.91 Å². The lowest BCUT2D eigenvalue weighted by atomic mass is 9.97. The maximum Gasteiger partial charge on any atom is 0.239 e. The van der Waals surface area contributed by atoms with Crippen LogP contribution in [0.4, 0.5) is 0 Å². The number of carbonyl (C=O) groups is 1. The van der Waals surface area contributed by atoms with Crippen molar-refractivity contribution in [1.82, 2.24) is 4.90 Å². The van der Waals surface area contributed by atoms with E-state index in [0.29, 0.717) is 5.92 Å². The highest BCUT2D eigenvalue weighted by Crippen LogP contribution is 2.17. The summed E-state index contributed by atoms with van der Waals surface area (Å²) in [4.78, 5) is 13.7. The maximum absolute atomic E-state index is 11.8. The zero-order chi connectivity index (χ0) is 11.3. The molecule has 0 aromatic heterocycles. The molecule has 0 aliphatic carbocycles. The number of nitrogens with zero attached hydrogens (tertiary/aromatic N) is 1. The van der Waals surface area contributed by atoms with Crippen LogP contribution < -0.4 is 5.73 Å². The van der Waals surface area contributed by atoms with E-state index >= 15 is 0 Å². The standard InChI is InChI=1S/C11H22N2O2/c1-3-10(12)11(14)13-6-4-9(5-7-13)8-15-2/h9-10H,3-8,12H2,1-2H3. The summed E-state index contributed by atoms with van der Waals surface area (Å²) in [6, 6.07) is -0.316. The average Bonchev–Trinajstić information content (AvgIpc) is 2.28. The number of rotatable bonds is 4. The van der Waals surface area contributed by atoms with Crippen LogP contribution >= 0.6 is 0 Å². The first-order valence-corrected chi connectivity index (χ1v) is 5.72. The second-order valence-corrected chi connectivity index (χ2v) is 4.24. The fourth-order valence-corrected chi connectivity index (χ4v) is 1.96. The molecule has 0 radical (unpaired) electrons. The van der Waals surface area contributed by atoms with Gasteiger partial charge in [0, 0.05) is 26.8 Å². The fourth-order valence-electron chi connectivity index (χ4n) is 1.96. The number of amides is 1. The van der Waals surface area contributed by atoms with E-state index in [1.807, 2.05) is 11.8 Å². The summed E-state index contributed by atoms with van der Waals surface area (Å²) in [5, 5.41) is 0. The van der Waals surface area contributed by atoms with Crippen LogP contribution in [0.3, 0.4) is 0 Å². The minimum Gasteiger partial charge on any atom is -0.384 e. The zero-order valence-electron chi connectivity index (χ0n) is 9.74. The summed E-state index contributed by atoms with van der Waals surface area (Å²) in [5.74, 6) is 0.713. The van der Waals surface area contributed by atoms with Crippen molar-refractivity contribution in [3.8, 4) is 0 Å². The molecule has 0 saturated carbocycles. The topological polar surface area (TPSA) is 55.6 Å². The summed E-state index contributed by atoms with van der Waals surface area (Å²) in [7, 11) is 1.73. The molecule has 1 fully saturated rings. The second kappa shape index (κ2) is 6.08. The molecule has 88 valence electrons. The average molecular weight is 214 g/mol. The Morgan fingerprint density at radius 1 is 1.53 bits per heavy atom. The summed E-state index contributed by atoms with van der Waals surface area (Å²) >= 11 is 0. The number of carbonyl (C=O) groups excluding carboxylic acids is 1. The normalized spacial score (nSPS) is 20.3. The molecule has 1 amide bonds. The van der Waals surface area contributed by atoms with Gasteiger partial charge in [0.15, 0.2) is 0 Å². The van der Waals surface area contributed by atoms with Crippen molar-refractivity contribution in [2.45, 2.75) is 32.2 Å². The molecule has 0 aromatic carbocycles. The lowest BCUT2D eigenvalue weighted by Crippen LogP contribution is -2.47. The highest BCUT2D eigenvalue weighted by molar-refractivity contribution is 5.81. The molecule has 1 unspecified atom stereocenters. The van der Waals surface area contributed by atoms with Crippen LogP contribution in [0, 0.1) is 5.92 Å². The Morgan fingerprint density at radius 3 is 2.60 bits per heavy atom. The summed E-state index contributed by atoms with van der Waals surface area (Å²) in [6.07, 6.45) is 2.79. The van der Waals surface area contributed by atoms with Crippen LogP contribution in [-0.4, -0.2) is 43.7 Å². The third-order valence-electron chi connectivity index (χ3n) is 3.09. The Bertz CT molecular complexity index is 201. The van der Waals surface area contributed by atoms with Crippen molar-refractivity contribution in [2.24, 2.45) is 11.7 Å². The van der Waals surface area contributed by atoms with Crippen LogP contribution in [0.15, 0.2) is 0 Å². The Labute approximate surface area is 91.8 Å². The lowest BCUT2D eigenvalue weighted by molar-refractivity contribution is -0.134. The first-order valence-electron chi connectivity index (χ1n) is 5.72. The Kier molecular flexibility index (Phi) is 5.05. The molecular weight excluding hydrogens is 192 g/mol. The highest BCUT2D eigenvalue weighted by atomic mass is 16.5. The molecule has 1 aliphatic heterocycles. The van der Waals surface area contributed by atoms with Gasteiger partial charge in [0.05, 0.1) is 6.04 Å². The third kappa shape index (κ3) is 3.47. The van der Waals surface area contributed by atoms with Crippen molar-refractivity contribution in [3.05, 3.63) is 0 Å². The van der Waals surface area contributed by atoms with Gasteiger partial charge in [-0.3, -0.25) is 4.79 Å². The van der Waals surface area contributed by atoms with Crippen molar-refractivity contribution in [3.63, 3.8) is 0 Å². The third-order valence-corrected chi connectivity index (χ3v) is 3.09. The van der Waals surface area contributed by atoms with Crippen molar-refractivity contribution < 1.29 is 9.53 Å². The van der Waals surface area contributed by atoms with E-state index in [9.17, 15) is 4.79 Å². The minimum atomic E-state index is -0.316. The number of likely N-dealkylation sites (tertiary alicyclic amines) is 1. The molecule has 0 spiro atoms. The molecule has 1 atom stereocenters. The number of ether oxygens (including phenoxy) is 1. The van der Waals surface area contributed by atoms with E-state index in [1.54, 1.807) is 7.11 Å². The lowest BCUT2D eigenvalue weighted by Gasteiger charge is -2.33. The first kappa shape index (κ1) is 12.5. The molecule has 1 heterocycles. The Balaban J connectivity index is 2.33. The molecule has 2 N–H and O–H groups in total. The molecule has 15 heavy (non-hydrogen) atoms. The van der Waals surface area contributed by atoms with Crippen LogP contribution in [0.1, 0.15) is 26.2 Å². The Morgan fingerprint density at radius 2 is 2.13 bits per heavy atom. The molecular formula is C11H22N2O2. The van der Waals surface area contributed by atoms with Gasteiger partial charge in [-0.25, -0.2) is 0 Å². The smallest absolute Gasteiger partial charge is 0.239 e. The molecule has 4 heteroatoms. The van der Waals surface area contributed by atoms with Gasteiger partial charge in [-0.15, -0.1) is 0 Å². The molecule has 1 rings (SSSR count). The van der Waals surface area contributed by atoms with Gasteiger partial charge in [-0.05, 0) is 25.2 Å². The largest absolute Gasteiger partial charge is 0.384 e. The predicted octanol–water partition coefficient (Wildman–Crippen LogP) is 0.609. The van der Waals surface area contributed by atoms with Crippen molar-refractivity contribution >= 4 is 5.91 Å². The molecule has 0 aromatic rings. The number of piperidine rings is 1. The molecule has 0 bridgehead atoms. The molecule has 1 saturated heterocycles. The van der Waals surface area contributed by atoms with E-state index < -0.39 is 0 Å². The number of methoxy groups -OCH3 is 1. The number of hydrogen-bond acceptors (Lipinski definition) is 3. The monoisotopic (exact) mass is 214 g/mol. The van der Waals surface area contributed by atoms with Crippen molar-refractivity contribution in [1.29, 1.82) is 0 Å². The van der Waals surface area contributed by atoms with Gasteiger partial charge in [-0.1, -0.05) is 6.92 Å². The predicted molar refractivity (Wildman–Crippen MR) is 59.4 cm³/mol. The minimum absolute atomic E-state index is 0.105. The van der Waals surface area contributed by atoms with Gasteiger partial charge in [0.25, 0.3) is 0 Å².